The van der Waals surface area contributed by atoms with E-state index >= 15 is 0 Å². The highest BCUT2D eigenvalue weighted by Crippen LogP contribution is 2.31. The van der Waals surface area contributed by atoms with Gasteiger partial charge in [-0.2, -0.15) is 54.1 Å². The summed E-state index contributed by atoms with van der Waals surface area (Å²) in [6, 6.07) is 28.1. The van der Waals surface area contributed by atoms with E-state index < -0.39 is 50.3 Å². The molecule has 0 fully saturated rings. The summed E-state index contributed by atoms with van der Waals surface area (Å²) < 4.78 is 133. The van der Waals surface area contributed by atoms with Crippen LogP contribution in [0.2, 0.25) is 0 Å². The zero-order chi connectivity index (χ0) is 46.5. The van der Waals surface area contributed by atoms with Crippen LogP contribution in [-0.4, -0.2) is 72.0 Å². The summed E-state index contributed by atoms with van der Waals surface area (Å²) in [7, 11) is -18.6. The van der Waals surface area contributed by atoms with E-state index in [0.717, 1.165) is 36.4 Å². The lowest BCUT2D eigenvalue weighted by Gasteiger charge is -2.06. The summed E-state index contributed by atoms with van der Waals surface area (Å²) in [4.78, 5) is -1.02. The van der Waals surface area contributed by atoms with E-state index in [9.17, 15) is 53.2 Å². The molecular weight excluding hydrogens is 921 g/mol. The Morgan fingerprint density at radius 1 is 0.359 bits per heavy atom. The highest BCUT2D eigenvalue weighted by Gasteiger charge is 2.19. The maximum atomic E-state index is 12.4. The third-order valence-electron chi connectivity index (χ3n) is 8.41. The molecule has 0 atom stereocenters. The second kappa shape index (κ2) is 18.6. The molecule has 6 aromatic rings. The van der Waals surface area contributed by atoms with Gasteiger partial charge in [0.2, 0.25) is 0 Å². The van der Waals surface area contributed by atoms with Crippen LogP contribution in [0.1, 0.15) is 11.1 Å². The number of azo groups is 4. The van der Waals surface area contributed by atoms with Crippen molar-refractivity contribution in [3.05, 3.63) is 145 Å². The van der Waals surface area contributed by atoms with Gasteiger partial charge in [0.1, 0.15) is 30.9 Å². The van der Waals surface area contributed by atoms with Crippen molar-refractivity contribution in [3.8, 4) is 0 Å². The molecule has 0 aliphatic carbocycles. The monoisotopic (exact) mass is 950 g/mol. The van der Waals surface area contributed by atoms with Gasteiger partial charge in [-0.1, -0.05) is 24.3 Å². The number of hydrogen-bond acceptors (Lipinski definition) is 14. The van der Waals surface area contributed by atoms with Crippen LogP contribution in [0.3, 0.4) is 0 Å². The third kappa shape index (κ3) is 12.2. The van der Waals surface area contributed by atoms with E-state index in [4.69, 9.17) is 9.11 Å². The van der Waals surface area contributed by atoms with Crippen molar-refractivity contribution in [2.45, 2.75) is 19.6 Å². The van der Waals surface area contributed by atoms with Crippen molar-refractivity contribution in [2.75, 3.05) is 0 Å². The molecule has 6 rings (SSSR count). The molecule has 0 aliphatic heterocycles. The highest BCUT2D eigenvalue weighted by molar-refractivity contribution is 7.86. The zero-order valence-corrected chi connectivity index (χ0v) is 35.3. The first kappa shape index (κ1) is 46.2. The van der Waals surface area contributed by atoms with Crippen LogP contribution in [0.25, 0.3) is 12.2 Å². The lowest BCUT2D eigenvalue weighted by molar-refractivity contribution is -0.761. The molecule has 6 aromatic carbocycles. The first-order valence-electron chi connectivity index (χ1n) is 17.5. The van der Waals surface area contributed by atoms with Crippen LogP contribution in [0, 0.1) is 0 Å². The van der Waals surface area contributed by atoms with Crippen molar-refractivity contribution in [1.29, 1.82) is 0 Å². The molecule has 64 heavy (non-hydrogen) atoms. The van der Waals surface area contributed by atoms with Gasteiger partial charge in [-0.05, 0) is 108 Å². The van der Waals surface area contributed by atoms with Crippen molar-refractivity contribution < 1.29 is 72.0 Å². The van der Waals surface area contributed by atoms with Gasteiger partial charge in [0.05, 0.1) is 42.8 Å². The van der Waals surface area contributed by atoms with Gasteiger partial charge < -0.3 is 0 Å². The van der Waals surface area contributed by atoms with Gasteiger partial charge in [0, 0.05) is 24.3 Å². The molecule has 0 aliphatic rings. The molecule has 0 unspecified atom stereocenters. The van der Waals surface area contributed by atoms with E-state index in [1.807, 2.05) is 0 Å². The quantitative estimate of drug-likeness (QED) is 0.0195. The summed E-state index contributed by atoms with van der Waals surface area (Å²) in [5.74, 6) is 0. The van der Waals surface area contributed by atoms with E-state index in [-0.39, 0.29) is 66.4 Å². The maximum Gasteiger partial charge on any atom is 0.295 e. The molecule has 6 N–H and O–H groups in total. The Labute approximate surface area is 363 Å². The number of nitrogens with zero attached hydrogens (tertiary/aromatic N) is 8. The third-order valence-corrected chi connectivity index (χ3v) is 12.0. The fourth-order valence-electron chi connectivity index (χ4n) is 5.31. The standard InChI is InChI=1S/C38H28N8O14S4/c47-45(33-15-19-35(20-16-33)61(49,50)51)43-29-11-7-27(8-12-29)39-41-31-5-3-25(37(23-31)63(55,56)57)1-2-26-4-6-32(24-38(26)64(58,59)60)42-40-28-9-13-30(14-10-28)44-46(48)34-17-21-36(22-18-34)62(52,53)54/h1-24H,(H4-2,43,44,47,48,49,50,51,52,53,54,55,56,57,58,59,60)/p+2. The Bertz CT molecular complexity index is 3140. The van der Waals surface area contributed by atoms with Crippen LogP contribution < -0.4 is 0 Å². The van der Waals surface area contributed by atoms with E-state index in [1.165, 1.54) is 109 Å². The van der Waals surface area contributed by atoms with Crippen molar-refractivity contribution in [3.63, 3.8) is 0 Å². The summed E-state index contributed by atoms with van der Waals surface area (Å²) in [5, 5.41) is 44.5. The lowest BCUT2D eigenvalue weighted by atomic mass is 10.1. The van der Waals surface area contributed by atoms with Gasteiger partial charge in [0.15, 0.2) is 0 Å². The van der Waals surface area contributed by atoms with Crippen LogP contribution in [0.4, 0.5) is 45.5 Å². The minimum absolute atomic E-state index is 0.00695. The van der Waals surface area contributed by atoms with Crippen LogP contribution in [-0.2, 0) is 40.5 Å². The summed E-state index contributed by atoms with van der Waals surface area (Å²) >= 11 is 0. The minimum atomic E-state index is -4.88. The Morgan fingerprint density at radius 2 is 0.641 bits per heavy atom. The van der Waals surface area contributed by atoms with Crippen LogP contribution in [0.15, 0.2) is 184 Å². The van der Waals surface area contributed by atoms with Gasteiger partial charge >= 0.3 is 0 Å². The predicted molar refractivity (Wildman–Crippen MR) is 223 cm³/mol. The first-order chi connectivity index (χ1) is 30.0. The van der Waals surface area contributed by atoms with Crippen molar-refractivity contribution >= 4 is 98.1 Å². The van der Waals surface area contributed by atoms with E-state index in [2.05, 4.69) is 30.7 Å². The second-order valence-electron chi connectivity index (χ2n) is 12.9. The topological polar surface area (TPSA) is 338 Å². The molecule has 0 saturated carbocycles. The Kier molecular flexibility index (Phi) is 13.4. The molecule has 0 saturated heterocycles. The van der Waals surface area contributed by atoms with E-state index in [0.29, 0.717) is 9.72 Å². The van der Waals surface area contributed by atoms with Crippen LogP contribution in [0.5, 0.6) is 0 Å². The number of rotatable bonds is 14. The van der Waals surface area contributed by atoms with Gasteiger partial charge in [0.25, 0.3) is 51.8 Å². The van der Waals surface area contributed by atoms with Crippen molar-refractivity contribution in [1.82, 2.24) is 0 Å². The SMILES string of the molecule is O=S(=O)(O)c1ccc([N+](O)=Nc2ccc(N=Nc3ccc(C=Cc4ccc(N=Nc5ccc(N=[N+](O)c6ccc(S(=O)(=O)O)cc6)cc5)cc4S(=O)(=O)O)c(S(=O)(=O)O)c3)cc2)cc1. The molecule has 0 aromatic heterocycles. The first-order valence-corrected chi connectivity index (χ1v) is 23.3. The summed E-state index contributed by atoms with van der Waals surface area (Å²) in [5.41, 5.74) is 1.00. The second-order valence-corrected chi connectivity index (χ2v) is 18.5. The van der Waals surface area contributed by atoms with Gasteiger partial charge in [-0.15, -0.1) is 0 Å². The smallest absolute Gasteiger partial charge is 0.282 e. The molecule has 328 valence electrons. The average molecular weight is 951 g/mol. The molecule has 22 nitrogen and oxygen atoms in total. The molecular formula is C38H30N8O14S4+2. The molecule has 0 amide bonds. The Balaban J connectivity index is 1.15. The normalized spacial score (nSPS) is 13.3. The molecule has 0 radical (unpaired) electrons. The Hall–Kier alpha value is -7.30. The Morgan fingerprint density at radius 3 is 0.938 bits per heavy atom. The van der Waals surface area contributed by atoms with Crippen LogP contribution >= 0.6 is 0 Å². The molecule has 0 bridgehead atoms. The van der Waals surface area contributed by atoms with Crippen molar-refractivity contribution in [2.24, 2.45) is 30.7 Å². The minimum Gasteiger partial charge on any atom is -0.282 e. The fraction of sp³-hybridized carbons (Fsp3) is 0. The summed E-state index contributed by atoms with van der Waals surface area (Å²) in [6.07, 6.45) is 2.36. The average Bonchev–Trinajstić information content (AvgIpc) is 3.24. The number of benzene rings is 6. The van der Waals surface area contributed by atoms with Gasteiger partial charge in [-0.25, -0.2) is 0 Å². The van der Waals surface area contributed by atoms with E-state index in [1.54, 1.807) is 0 Å². The zero-order valence-electron chi connectivity index (χ0n) is 32.0. The largest absolute Gasteiger partial charge is 0.295 e. The maximum absolute atomic E-state index is 12.4. The molecule has 0 spiro atoms. The highest BCUT2D eigenvalue weighted by atomic mass is 32.2. The predicted octanol–water partition coefficient (Wildman–Crippen LogP) is 9.31. The fourth-order valence-corrected chi connectivity index (χ4v) is 7.68. The molecule has 0 heterocycles. The summed E-state index contributed by atoms with van der Waals surface area (Å²) in [6.45, 7) is 0. The molecule has 26 heteroatoms. The lowest BCUT2D eigenvalue weighted by Crippen LogP contribution is -2.01. The number of hydrogen-bond donors (Lipinski definition) is 6. The van der Waals surface area contributed by atoms with Gasteiger partial charge in [-0.3, -0.25) is 28.6 Å².